The van der Waals surface area contributed by atoms with Gasteiger partial charge in [0.15, 0.2) is 11.5 Å². The van der Waals surface area contributed by atoms with E-state index >= 15 is 0 Å². The van der Waals surface area contributed by atoms with Gasteiger partial charge < -0.3 is 19.1 Å². The van der Waals surface area contributed by atoms with Crippen molar-refractivity contribution in [3.63, 3.8) is 0 Å². The molecule has 0 N–H and O–H groups in total. The number of carbonyl (C=O) groups is 1. The lowest BCUT2D eigenvalue weighted by molar-refractivity contribution is -0.126. The van der Waals surface area contributed by atoms with Crippen molar-refractivity contribution in [1.82, 2.24) is 4.90 Å². The van der Waals surface area contributed by atoms with E-state index in [1.807, 2.05) is 11.0 Å². The van der Waals surface area contributed by atoms with E-state index in [0.717, 1.165) is 31.5 Å². The van der Waals surface area contributed by atoms with Crippen molar-refractivity contribution in [2.45, 2.75) is 19.3 Å². The maximum Gasteiger partial charge on any atom is 0.246 e. The normalized spacial score (nSPS) is 17.3. The number of nitrogens with zero attached hydrogens (tertiary/aromatic N) is 1. The summed E-state index contributed by atoms with van der Waals surface area (Å²) in [6.45, 7) is 1.92. The van der Waals surface area contributed by atoms with Crippen LogP contribution in [0.3, 0.4) is 0 Å². The molecule has 2 heterocycles. The van der Waals surface area contributed by atoms with Crippen LogP contribution in [-0.4, -0.2) is 37.8 Å². The first-order valence-electron chi connectivity index (χ1n) is 7.22. The molecule has 1 fully saturated rings. The van der Waals surface area contributed by atoms with E-state index in [9.17, 15) is 4.79 Å². The third-order valence-corrected chi connectivity index (χ3v) is 3.80. The van der Waals surface area contributed by atoms with Crippen molar-refractivity contribution in [3.05, 3.63) is 23.8 Å². The Balaban J connectivity index is 1.77. The predicted octanol–water partition coefficient (Wildman–Crippen LogP) is 2.45. The molecule has 1 amide bonds. The molecule has 1 aromatic rings. The van der Waals surface area contributed by atoms with E-state index in [1.165, 1.54) is 6.42 Å². The fourth-order valence-corrected chi connectivity index (χ4v) is 2.63. The largest absolute Gasteiger partial charge is 0.496 e. The molecule has 0 saturated carbocycles. The molecule has 5 nitrogen and oxygen atoms in total. The first-order chi connectivity index (χ1) is 10.3. The van der Waals surface area contributed by atoms with Gasteiger partial charge in [-0.1, -0.05) is 0 Å². The van der Waals surface area contributed by atoms with Crippen molar-refractivity contribution in [3.8, 4) is 17.2 Å². The summed E-state index contributed by atoms with van der Waals surface area (Å²) < 4.78 is 16.0. The first kappa shape index (κ1) is 13.8. The summed E-state index contributed by atoms with van der Waals surface area (Å²) in [5.74, 6) is 2.07. The Morgan fingerprint density at radius 1 is 1.19 bits per heavy atom. The molecule has 0 unspecified atom stereocenters. The summed E-state index contributed by atoms with van der Waals surface area (Å²) in [6.07, 6.45) is 6.77. The highest BCUT2D eigenvalue weighted by Gasteiger charge is 2.18. The van der Waals surface area contributed by atoms with Crippen molar-refractivity contribution >= 4 is 12.0 Å². The van der Waals surface area contributed by atoms with E-state index in [1.54, 1.807) is 25.3 Å². The number of benzene rings is 1. The molecule has 0 aliphatic carbocycles. The Labute approximate surface area is 124 Å². The Morgan fingerprint density at radius 3 is 2.62 bits per heavy atom. The van der Waals surface area contributed by atoms with Crippen LogP contribution in [0.25, 0.3) is 6.08 Å². The van der Waals surface area contributed by atoms with Crippen molar-refractivity contribution < 1.29 is 19.0 Å². The van der Waals surface area contributed by atoms with Gasteiger partial charge in [0.25, 0.3) is 0 Å². The summed E-state index contributed by atoms with van der Waals surface area (Å²) in [6, 6.07) is 3.62. The molecule has 0 bridgehead atoms. The minimum absolute atomic E-state index is 0.0504. The first-order valence-corrected chi connectivity index (χ1v) is 7.22. The average Bonchev–Trinajstić information content (AvgIpc) is 2.99. The van der Waals surface area contributed by atoms with Crippen LogP contribution in [0.1, 0.15) is 24.8 Å². The minimum atomic E-state index is 0.0504. The van der Waals surface area contributed by atoms with E-state index < -0.39 is 0 Å². The molecule has 3 rings (SSSR count). The lowest BCUT2D eigenvalue weighted by Crippen LogP contribution is -2.34. The molecule has 2 aliphatic rings. The quantitative estimate of drug-likeness (QED) is 0.802. The number of hydrogen-bond donors (Lipinski definition) is 0. The summed E-state index contributed by atoms with van der Waals surface area (Å²) >= 11 is 0. The van der Waals surface area contributed by atoms with Gasteiger partial charge >= 0.3 is 0 Å². The zero-order valence-electron chi connectivity index (χ0n) is 12.1. The molecule has 0 aromatic heterocycles. The number of likely N-dealkylation sites (tertiary alicyclic amines) is 1. The van der Waals surface area contributed by atoms with Crippen LogP contribution in [0.5, 0.6) is 17.2 Å². The van der Waals surface area contributed by atoms with Crippen LogP contribution in [0.2, 0.25) is 0 Å². The number of carbonyl (C=O) groups excluding carboxylic acids is 1. The van der Waals surface area contributed by atoms with Crippen molar-refractivity contribution in [2.75, 3.05) is 27.0 Å². The number of amides is 1. The second-order valence-electron chi connectivity index (χ2n) is 5.17. The predicted molar refractivity (Wildman–Crippen MR) is 78.6 cm³/mol. The fraction of sp³-hybridized carbons (Fsp3) is 0.438. The highest BCUT2D eigenvalue weighted by Crippen LogP contribution is 2.38. The summed E-state index contributed by atoms with van der Waals surface area (Å²) in [5.41, 5.74) is 0.812. The second kappa shape index (κ2) is 6.08. The third-order valence-electron chi connectivity index (χ3n) is 3.80. The van der Waals surface area contributed by atoms with E-state index in [4.69, 9.17) is 14.2 Å². The zero-order valence-corrected chi connectivity index (χ0v) is 12.1. The maximum atomic E-state index is 12.1. The molecule has 0 radical (unpaired) electrons. The van der Waals surface area contributed by atoms with Crippen molar-refractivity contribution in [1.29, 1.82) is 0 Å². The monoisotopic (exact) mass is 289 g/mol. The Morgan fingerprint density at radius 2 is 1.90 bits per heavy atom. The number of methoxy groups -OCH3 is 1. The van der Waals surface area contributed by atoms with Gasteiger partial charge in [-0.15, -0.1) is 0 Å². The molecule has 1 aromatic carbocycles. The molecule has 112 valence electrons. The summed E-state index contributed by atoms with van der Waals surface area (Å²) in [7, 11) is 1.60. The van der Waals surface area contributed by atoms with Gasteiger partial charge in [-0.3, -0.25) is 4.79 Å². The molecule has 0 spiro atoms. The number of ether oxygens (including phenoxy) is 3. The molecule has 5 heteroatoms. The van der Waals surface area contributed by atoms with Gasteiger partial charge in [-0.2, -0.15) is 0 Å². The SMILES string of the molecule is COc1cc2c(cc1/C=C/C(=O)N1CCCCC1)OCO2. The molecule has 0 atom stereocenters. The minimum Gasteiger partial charge on any atom is -0.496 e. The van der Waals surface area contributed by atoms with Crippen molar-refractivity contribution in [2.24, 2.45) is 0 Å². The van der Waals surface area contributed by atoms with Gasteiger partial charge in [0.05, 0.1) is 7.11 Å². The molecule has 1 saturated heterocycles. The lowest BCUT2D eigenvalue weighted by atomic mass is 10.1. The molecular weight excluding hydrogens is 270 g/mol. The van der Waals surface area contributed by atoms with Crippen LogP contribution in [0, 0.1) is 0 Å². The van der Waals surface area contributed by atoms with E-state index in [2.05, 4.69) is 0 Å². The Bertz CT molecular complexity index is 562. The topological polar surface area (TPSA) is 48.0 Å². The number of piperidine rings is 1. The van der Waals surface area contributed by atoms with Crippen LogP contribution in [-0.2, 0) is 4.79 Å². The van der Waals surface area contributed by atoms with Crippen LogP contribution >= 0.6 is 0 Å². The smallest absolute Gasteiger partial charge is 0.246 e. The van der Waals surface area contributed by atoms with Gasteiger partial charge in [-0.25, -0.2) is 0 Å². The third kappa shape index (κ3) is 2.96. The Kier molecular flexibility index (Phi) is 3.99. The summed E-state index contributed by atoms with van der Waals surface area (Å²) in [5, 5.41) is 0. The standard InChI is InChI=1S/C16H19NO4/c1-19-13-10-15-14(20-11-21-15)9-12(13)5-6-16(18)17-7-3-2-4-8-17/h5-6,9-10H,2-4,7-8,11H2,1H3/b6-5+. The van der Waals surface area contributed by atoms with Crippen LogP contribution < -0.4 is 14.2 Å². The highest BCUT2D eigenvalue weighted by atomic mass is 16.7. The number of fused-ring (bicyclic) bond motifs is 1. The van der Waals surface area contributed by atoms with Crippen LogP contribution in [0.4, 0.5) is 0 Å². The van der Waals surface area contributed by atoms with Crippen LogP contribution in [0.15, 0.2) is 18.2 Å². The number of hydrogen-bond acceptors (Lipinski definition) is 4. The van der Waals surface area contributed by atoms with Gasteiger partial charge in [0.2, 0.25) is 12.7 Å². The number of rotatable bonds is 3. The van der Waals surface area contributed by atoms with E-state index in [-0.39, 0.29) is 12.7 Å². The second-order valence-corrected chi connectivity index (χ2v) is 5.17. The highest BCUT2D eigenvalue weighted by molar-refractivity contribution is 5.92. The van der Waals surface area contributed by atoms with Gasteiger partial charge in [-0.05, 0) is 31.4 Å². The lowest BCUT2D eigenvalue weighted by Gasteiger charge is -2.25. The van der Waals surface area contributed by atoms with Gasteiger partial charge in [0, 0.05) is 30.8 Å². The maximum absolute atomic E-state index is 12.1. The average molecular weight is 289 g/mol. The molecule has 2 aliphatic heterocycles. The molecule has 21 heavy (non-hydrogen) atoms. The zero-order chi connectivity index (χ0) is 14.7. The Hall–Kier alpha value is -2.17. The van der Waals surface area contributed by atoms with Gasteiger partial charge in [0.1, 0.15) is 5.75 Å². The summed E-state index contributed by atoms with van der Waals surface area (Å²) in [4.78, 5) is 14.0. The van der Waals surface area contributed by atoms with E-state index in [0.29, 0.717) is 17.2 Å². The molecular formula is C16H19NO4. The fourth-order valence-electron chi connectivity index (χ4n) is 2.63.